The van der Waals surface area contributed by atoms with Crippen LogP contribution in [0, 0.1) is 11.6 Å². The molecule has 0 unspecified atom stereocenters. The van der Waals surface area contributed by atoms with Crippen LogP contribution < -0.4 is 20.1 Å². The number of hydrogen-bond acceptors (Lipinski definition) is 14. The minimum absolute atomic E-state index is 0.0373. The average molecular weight is 1110 g/mol. The molecule has 2 amide bonds. The Labute approximate surface area is 445 Å². The number of carbonyl (C=O) groups excluding carboxylic acids is 2. The summed E-state index contributed by atoms with van der Waals surface area (Å²) in [6.07, 6.45) is 7.62. The van der Waals surface area contributed by atoms with E-state index in [-0.39, 0.29) is 58.5 Å². The van der Waals surface area contributed by atoms with E-state index >= 15 is 8.78 Å². The summed E-state index contributed by atoms with van der Waals surface area (Å²) >= 11 is 0. The largest absolute Gasteiger partial charge is 0.494 e. The zero-order chi connectivity index (χ0) is 56.0. The van der Waals surface area contributed by atoms with E-state index < -0.39 is 60.5 Å². The molecule has 8 aromatic heterocycles. The van der Waals surface area contributed by atoms with Crippen molar-refractivity contribution in [3.05, 3.63) is 167 Å². The SMILES string of the molecule is COc1ccc(-n2cnc(C(F)(F)F)n2)c(CNC(=O)c2cn(Cc3cn4cc(C5CC5)ccc4n3)nn2)c1F.COc1ccc(-n2cnc(C(F)(F)F)n2)c(CNC(=O)c2cn(Cc3cn4cc(C5CC5)ccc4n3)nn2)c1F. The maximum atomic E-state index is 15.1. The van der Waals surface area contributed by atoms with E-state index in [1.54, 1.807) is 0 Å². The van der Waals surface area contributed by atoms with Crippen molar-refractivity contribution in [2.45, 2.75) is 76.1 Å². The maximum absolute atomic E-state index is 15.1. The Morgan fingerprint density at radius 1 is 0.575 bits per heavy atom. The smallest absolute Gasteiger partial charge is 0.453 e. The zero-order valence-electron chi connectivity index (χ0n) is 41.9. The number of pyridine rings is 2. The minimum Gasteiger partial charge on any atom is -0.494 e. The van der Waals surface area contributed by atoms with Crippen molar-refractivity contribution >= 4 is 23.1 Å². The zero-order valence-corrected chi connectivity index (χ0v) is 41.9. The Balaban J connectivity index is 0.000000169. The van der Waals surface area contributed by atoms with Crippen molar-refractivity contribution < 1.29 is 54.2 Å². The molecule has 0 atom stereocenters. The van der Waals surface area contributed by atoms with E-state index in [0.717, 1.165) is 44.7 Å². The molecule has 22 nitrogen and oxygen atoms in total. The molecule has 30 heteroatoms. The number of hydrogen-bond donors (Lipinski definition) is 2. The quantitative estimate of drug-likeness (QED) is 0.0923. The summed E-state index contributed by atoms with van der Waals surface area (Å²) in [7, 11) is 2.48. The first-order valence-electron chi connectivity index (χ1n) is 24.4. The van der Waals surface area contributed by atoms with E-state index in [4.69, 9.17) is 9.47 Å². The molecule has 2 N–H and O–H groups in total. The van der Waals surface area contributed by atoms with Gasteiger partial charge < -0.3 is 28.9 Å². The van der Waals surface area contributed by atoms with E-state index in [2.05, 4.69) is 85.9 Å². The monoisotopic (exact) mass is 1110 g/mol. The molecule has 0 aliphatic heterocycles. The lowest BCUT2D eigenvalue weighted by Crippen LogP contribution is -2.25. The molecule has 10 aromatic rings. The van der Waals surface area contributed by atoms with Gasteiger partial charge in [-0.2, -0.15) is 26.3 Å². The fraction of sp³-hybridized carbons (Fsp3) is 0.280. The van der Waals surface area contributed by atoms with Gasteiger partial charge in [-0.3, -0.25) is 9.59 Å². The summed E-state index contributed by atoms with van der Waals surface area (Å²) in [6, 6.07) is 13.2. The van der Waals surface area contributed by atoms with E-state index in [1.807, 2.05) is 33.3 Å². The van der Waals surface area contributed by atoms with Crippen LogP contribution in [0.15, 0.2) is 98.4 Å². The van der Waals surface area contributed by atoms with Crippen molar-refractivity contribution in [3.63, 3.8) is 0 Å². The second-order valence-corrected chi connectivity index (χ2v) is 18.6. The Morgan fingerprint density at radius 3 is 1.35 bits per heavy atom. The molecule has 0 spiro atoms. The molecule has 2 aliphatic rings. The molecule has 0 bridgehead atoms. The van der Waals surface area contributed by atoms with Crippen molar-refractivity contribution in [2.75, 3.05) is 14.2 Å². The van der Waals surface area contributed by atoms with E-state index in [1.165, 1.54) is 97.1 Å². The van der Waals surface area contributed by atoms with Crippen LogP contribution >= 0.6 is 0 Å². The molecule has 2 aliphatic carbocycles. The maximum Gasteiger partial charge on any atom is 0.453 e. The topological polar surface area (TPSA) is 234 Å². The standard InChI is InChI=1S/2C25H21F4N9O2/c2*1-40-20-6-5-19(38-13-31-24(34-38)25(27,28)29)17(22(20)26)8-30-23(39)18-12-37(35-33-18)11-16-10-36-9-15(14-2-3-14)4-7-21(36)32-16/h2*4-7,9-10,12-14H,2-3,8,11H2,1H3,(H,30,39). The van der Waals surface area contributed by atoms with Gasteiger partial charge in [0.05, 0.1) is 62.5 Å². The Kier molecular flexibility index (Phi) is 13.7. The number of fused-ring (bicyclic) bond motifs is 2. The molecule has 0 radical (unpaired) electrons. The van der Waals surface area contributed by atoms with Gasteiger partial charge in [-0.25, -0.2) is 47.4 Å². The number of halogens is 8. The van der Waals surface area contributed by atoms with Crippen molar-refractivity contribution in [2.24, 2.45) is 0 Å². The number of nitrogens with one attached hydrogen (secondary N) is 2. The summed E-state index contributed by atoms with van der Waals surface area (Å²) in [4.78, 5) is 41.2. The van der Waals surface area contributed by atoms with Gasteiger partial charge in [0.1, 0.15) is 23.9 Å². The third kappa shape index (κ3) is 11.2. The van der Waals surface area contributed by atoms with Gasteiger partial charge in [-0.1, -0.05) is 22.6 Å². The number of carbonyl (C=O) groups is 2. The van der Waals surface area contributed by atoms with E-state index in [9.17, 15) is 35.9 Å². The van der Waals surface area contributed by atoms with Crippen LogP contribution in [0.3, 0.4) is 0 Å². The highest BCUT2D eigenvalue weighted by molar-refractivity contribution is 5.92. The first-order valence-corrected chi connectivity index (χ1v) is 24.4. The van der Waals surface area contributed by atoms with Crippen LogP contribution in [0.25, 0.3) is 22.7 Å². The van der Waals surface area contributed by atoms with Crippen molar-refractivity contribution in [3.8, 4) is 22.9 Å². The second kappa shape index (κ2) is 21.0. The summed E-state index contributed by atoms with van der Waals surface area (Å²) < 4.78 is 127. The summed E-state index contributed by atoms with van der Waals surface area (Å²) in [5.41, 5.74) is 5.08. The van der Waals surface area contributed by atoms with Crippen LogP contribution in [0.2, 0.25) is 0 Å². The van der Waals surface area contributed by atoms with Crippen LogP contribution in [-0.2, 0) is 38.5 Å². The summed E-state index contributed by atoms with van der Waals surface area (Å²) in [5.74, 6) is -4.94. The van der Waals surface area contributed by atoms with Crippen molar-refractivity contribution in [1.29, 1.82) is 0 Å². The number of imidazole rings is 2. The van der Waals surface area contributed by atoms with Gasteiger partial charge in [0.2, 0.25) is 0 Å². The minimum atomic E-state index is -4.78. The highest BCUT2D eigenvalue weighted by Gasteiger charge is 2.37. The number of methoxy groups -OCH3 is 2. The van der Waals surface area contributed by atoms with Gasteiger partial charge >= 0.3 is 12.4 Å². The number of benzene rings is 2. The van der Waals surface area contributed by atoms with Crippen LogP contribution in [0.5, 0.6) is 11.5 Å². The average Bonchev–Trinajstić information content (AvgIpc) is 3.92. The number of alkyl halides is 6. The third-order valence-corrected chi connectivity index (χ3v) is 13.0. The molecule has 2 aromatic carbocycles. The number of ether oxygens (including phenoxy) is 2. The normalized spacial score (nSPS) is 13.6. The highest BCUT2D eigenvalue weighted by atomic mass is 19.4. The number of aromatic nitrogens is 16. The van der Waals surface area contributed by atoms with Gasteiger partial charge in [0, 0.05) is 49.0 Å². The van der Waals surface area contributed by atoms with Crippen LogP contribution in [-0.4, -0.2) is 104 Å². The summed E-state index contributed by atoms with van der Waals surface area (Å²) in [6.45, 7) is -0.269. The fourth-order valence-corrected chi connectivity index (χ4v) is 8.68. The fourth-order valence-electron chi connectivity index (χ4n) is 8.68. The predicted octanol–water partition coefficient (Wildman–Crippen LogP) is 7.06. The lowest BCUT2D eigenvalue weighted by atomic mass is 10.1. The first-order chi connectivity index (χ1) is 38.4. The van der Waals surface area contributed by atoms with Crippen LogP contribution in [0.4, 0.5) is 35.1 Å². The summed E-state index contributed by atoms with van der Waals surface area (Å²) in [5, 5.41) is 27.6. The third-order valence-electron chi connectivity index (χ3n) is 13.0. The number of amides is 2. The molecule has 12 rings (SSSR count). The predicted molar refractivity (Wildman–Crippen MR) is 261 cm³/mol. The Bertz CT molecular complexity index is 3690. The van der Waals surface area contributed by atoms with Gasteiger partial charge in [-0.05, 0) is 85.0 Å². The molecule has 0 saturated heterocycles. The van der Waals surface area contributed by atoms with Gasteiger partial charge in [0.25, 0.3) is 23.5 Å². The lowest BCUT2D eigenvalue weighted by Gasteiger charge is -2.13. The molecular formula is C50H42F8N18O4. The lowest BCUT2D eigenvalue weighted by molar-refractivity contribution is -0.145. The van der Waals surface area contributed by atoms with Gasteiger partial charge in [0.15, 0.2) is 34.5 Å². The first kappa shape index (κ1) is 52.4. The molecule has 80 heavy (non-hydrogen) atoms. The van der Waals surface area contributed by atoms with E-state index in [0.29, 0.717) is 11.8 Å². The Hall–Kier alpha value is -9.64. The molecule has 8 heterocycles. The molecule has 2 saturated carbocycles. The molecular weight excluding hydrogens is 1070 g/mol. The molecule has 412 valence electrons. The van der Waals surface area contributed by atoms with Gasteiger partial charge in [-0.15, -0.1) is 20.4 Å². The highest BCUT2D eigenvalue weighted by Crippen LogP contribution is 2.41. The Morgan fingerprint density at radius 2 is 0.988 bits per heavy atom. The van der Waals surface area contributed by atoms with Crippen LogP contribution in [0.1, 0.15) is 104 Å². The number of rotatable bonds is 16. The number of nitrogens with zero attached hydrogens (tertiary/aromatic N) is 16. The molecule has 2 fully saturated rings. The second-order valence-electron chi connectivity index (χ2n) is 18.6. The van der Waals surface area contributed by atoms with Crippen molar-refractivity contribution in [1.82, 2.24) is 88.9 Å².